The molecule has 1 heterocycles. The molecule has 1 atom stereocenters. The minimum Gasteiger partial charge on any atom is -0.326 e. The molecule has 0 fully saturated rings. The second kappa shape index (κ2) is 8.09. The summed E-state index contributed by atoms with van der Waals surface area (Å²) in [5, 5.41) is 10.1. The number of aromatic amines is 1. The van der Waals surface area contributed by atoms with Gasteiger partial charge < -0.3 is 5.32 Å². The number of anilines is 1. The van der Waals surface area contributed by atoms with Gasteiger partial charge in [0.25, 0.3) is 0 Å². The third kappa shape index (κ3) is 4.75. The maximum atomic E-state index is 12.6. The molecule has 8 nitrogen and oxygen atoms in total. The van der Waals surface area contributed by atoms with Crippen LogP contribution in [0.5, 0.6) is 0 Å². The molecule has 0 saturated heterocycles. The highest BCUT2D eigenvalue weighted by molar-refractivity contribution is 7.89. The second-order valence-electron chi connectivity index (χ2n) is 6.10. The number of sulfonamides is 1. The van der Waals surface area contributed by atoms with Gasteiger partial charge in [-0.15, -0.1) is 0 Å². The summed E-state index contributed by atoms with van der Waals surface area (Å²) >= 11 is 5.87. The number of aromatic nitrogens is 3. The fraction of sp³-hybridized carbons (Fsp3) is 0.167. The standard InChI is InChI=1S/C18H18ClN5O3S/c1-11(17-21-18(23-22-17)13-3-5-14(19)6-4-13)24-28(26,27)16-9-7-15(8-10-16)20-12(2)25/h3-11,24H,1-2H3,(H,20,25)(H,21,22,23). The lowest BCUT2D eigenvalue weighted by Crippen LogP contribution is -2.27. The summed E-state index contributed by atoms with van der Waals surface area (Å²) in [5.74, 6) is 0.588. The summed E-state index contributed by atoms with van der Waals surface area (Å²) in [6.45, 7) is 3.04. The first-order chi connectivity index (χ1) is 13.2. The monoisotopic (exact) mass is 419 g/mol. The summed E-state index contributed by atoms with van der Waals surface area (Å²) in [5.41, 5.74) is 1.28. The van der Waals surface area contributed by atoms with Crippen LogP contribution in [0.25, 0.3) is 11.4 Å². The SMILES string of the molecule is CC(=O)Nc1ccc(S(=O)(=O)NC(C)c2nc(-c3ccc(Cl)cc3)n[nH]2)cc1. The van der Waals surface area contributed by atoms with Crippen LogP contribution in [0.3, 0.4) is 0 Å². The fourth-order valence-corrected chi connectivity index (χ4v) is 3.81. The molecule has 3 rings (SSSR count). The largest absolute Gasteiger partial charge is 0.326 e. The van der Waals surface area contributed by atoms with Crippen molar-refractivity contribution < 1.29 is 13.2 Å². The predicted molar refractivity (Wildman–Crippen MR) is 106 cm³/mol. The Labute approximate surface area is 167 Å². The number of halogens is 1. The van der Waals surface area contributed by atoms with Crippen molar-refractivity contribution in [3.63, 3.8) is 0 Å². The average molecular weight is 420 g/mol. The highest BCUT2D eigenvalue weighted by atomic mass is 35.5. The summed E-state index contributed by atoms with van der Waals surface area (Å²) in [6, 6.07) is 12.3. The number of carbonyl (C=O) groups is 1. The Balaban J connectivity index is 1.73. The van der Waals surface area contributed by atoms with Crippen molar-refractivity contribution in [2.75, 3.05) is 5.32 Å². The van der Waals surface area contributed by atoms with Crippen LogP contribution in [0.2, 0.25) is 5.02 Å². The smallest absolute Gasteiger partial charge is 0.241 e. The number of H-pyrrole nitrogens is 1. The molecule has 2 aromatic carbocycles. The molecule has 0 aliphatic rings. The van der Waals surface area contributed by atoms with Gasteiger partial charge in [-0.2, -0.15) is 5.10 Å². The summed E-state index contributed by atoms with van der Waals surface area (Å²) in [6.07, 6.45) is 0. The predicted octanol–water partition coefficient (Wildman–Crippen LogP) is 3.12. The van der Waals surface area contributed by atoms with E-state index in [0.717, 1.165) is 5.56 Å². The first-order valence-electron chi connectivity index (χ1n) is 8.33. The zero-order valence-corrected chi connectivity index (χ0v) is 16.7. The molecule has 1 unspecified atom stereocenters. The van der Waals surface area contributed by atoms with Gasteiger partial charge in [-0.05, 0) is 55.5 Å². The van der Waals surface area contributed by atoms with E-state index in [-0.39, 0.29) is 10.8 Å². The van der Waals surface area contributed by atoms with E-state index in [0.29, 0.717) is 22.4 Å². The van der Waals surface area contributed by atoms with Gasteiger partial charge in [0.1, 0.15) is 5.82 Å². The molecule has 1 amide bonds. The van der Waals surface area contributed by atoms with Crippen LogP contribution in [0, 0.1) is 0 Å². The van der Waals surface area contributed by atoms with Crippen molar-refractivity contribution in [2.45, 2.75) is 24.8 Å². The Bertz CT molecular complexity index is 1080. The van der Waals surface area contributed by atoms with Gasteiger partial charge in [0, 0.05) is 23.2 Å². The van der Waals surface area contributed by atoms with Crippen LogP contribution in [-0.4, -0.2) is 29.5 Å². The fourth-order valence-electron chi connectivity index (χ4n) is 2.47. The average Bonchev–Trinajstić information content (AvgIpc) is 3.12. The Hall–Kier alpha value is -2.75. The van der Waals surface area contributed by atoms with E-state index in [4.69, 9.17) is 11.6 Å². The molecule has 0 radical (unpaired) electrons. The van der Waals surface area contributed by atoms with Crippen molar-refractivity contribution in [1.82, 2.24) is 19.9 Å². The van der Waals surface area contributed by atoms with Gasteiger partial charge in [-0.3, -0.25) is 9.89 Å². The van der Waals surface area contributed by atoms with Gasteiger partial charge in [0.05, 0.1) is 10.9 Å². The van der Waals surface area contributed by atoms with Crippen LogP contribution in [0.4, 0.5) is 5.69 Å². The quantitative estimate of drug-likeness (QED) is 0.567. The molecule has 1 aromatic heterocycles. The molecule has 10 heteroatoms. The van der Waals surface area contributed by atoms with E-state index in [2.05, 4.69) is 25.2 Å². The van der Waals surface area contributed by atoms with Gasteiger partial charge in [0.2, 0.25) is 15.9 Å². The number of nitrogens with one attached hydrogen (secondary N) is 3. The molecule has 0 saturated carbocycles. The van der Waals surface area contributed by atoms with Crippen molar-refractivity contribution in [2.24, 2.45) is 0 Å². The zero-order chi connectivity index (χ0) is 20.3. The van der Waals surface area contributed by atoms with Crippen LogP contribution >= 0.6 is 11.6 Å². The highest BCUT2D eigenvalue weighted by Gasteiger charge is 2.21. The molecule has 3 aromatic rings. The Morgan fingerprint density at radius 2 is 1.75 bits per heavy atom. The van der Waals surface area contributed by atoms with Crippen molar-refractivity contribution in [3.05, 3.63) is 59.4 Å². The van der Waals surface area contributed by atoms with E-state index < -0.39 is 16.1 Å². The van der Waals surface area contributed by atoms with Crippen LogP contribution in [-0.2, 0) is 14.8 Å². The molecule has 28 heavy (non-hydrogen) atoms. The Kier molecular flexibility index (Phi) is 5.78. The van der Waals surface area contributed by atoms with E-state index in [1.807, 2.05) is 0 Å². The summed E-state index contributed by atoms with van der Waals surface area (Å²) < 4.78 is 27.7. The van der Waals surface area contributed by atoms with Crippen molar-refractivity contribution in [1.29, 1.82) is 0 Å². The molecule has 0 spiro atoms. The van der Waals surface area contributed by atoms with Crippen molar-refractivity contribution >= 4 is 33.2 Å². The number of nitrogens with zero attached hydrogens (tertiary/aromatic N) is 2. The molecule has 146 valence electrons. The maximum absolute atomic E-state index is 12.6. The number of hydrogen-bond acceptors (Lipinski definition) is 5. The normalized spacial score (nSPS) is 12.5. The molecule has 3 N–H and O–H groups in total. The maximum Gasteiger partial charge on any atom is 0.241 e. The van der Waals surface area contributed by atoms with E-state index >= 15 is 0 Å². The lowest BCUT2D eigenvalue weighted by Gasteiger charge is -2.12. The number of carbonyl (C=O) groups excluding carboxylic acids is 1. The van der Waals surface area contributed by atoms with E-state index in [1.165, 1.54) is 31.2 Å². The number of rotatable bonds is 6. The summed E-state index contributed by atoms with van der Waals surface area (Å²) in [4.78, 5) is 15.5. The molecule has 0 aliphatic heterocycles. The van der Waals surface area contributed by atoms with Crippen molar-refractivity contribution in [3.8, 4) is 11.4 Å². The van der Waals surface area contributed by atoms with Gasteiger partial charge in [0.15, 0.2) is 5.82 Å². The van der Waals surface area contributed by atoms with E-state index in [9.17, 15) is 13.2 Å². The molecule has 0 aliphatic carbocycles. The van der Waals surface area contributed by atoms with Crippen LogP contribution < -0.4 is 10.0 Å². The first-order valence-corrected chi connectivity index (χ1v) is 10.2. The Morgan fingerprint density at radius 3 is 2.36 bits per heavy atom. The highest BCUT2D eigenvalue weighted by Crippen LogP contribution is 2.21. The minimum atomic E-state index is -3.78. The molecular weight excluding hydrogens is 402 g/mol. The number of hydrogen-bond donors (Lipinski definition) is 3. The van der Waals surface area contributed by atoms with Gasteiger partial charge >= 0.3 is 0 Å². The number of benzene rings is 2. The van der Waals surface area contributed by atoms with Crippen LogP contribution in [0.1, 0.15) is 25.7 Å². The lowest BCUT2D eigenvalue weighted by atomic mass is 10.2. The van der Waals surface area contributed by atoms with E-state index in [1.54, 1.807) is 31.2 Å². The Morgan fingerprint density at radius 1 is 1.11 bits per heavy atom. The molecular formula is C18H18ClN5O3S. The minimum absolute atomic E-state index is 0.0749. The number of amides is 1. The lowest BCUT2D eigenvalue weighted by molar-refractivity contribution is -0.114. The second-order valence-corrected chi connectivity index (χ2v) is 8.25. The van der Waals surface area contributed by atoms with Crippen LogP contribution in [0.15, 0.2) is 53.4 Å². The zero-order valence-electron chi connectivity index (χ0n) is 15.1. The topological polar surface area (TPSA) is 117 Å². The third-order valence-electron chi connectivity index (χ3n) is 3.83. The third-order valence-corrected chi connectivity index (χ3v) is 5.64. The van der Waals surface area contributed by atoms with Gasteiger partial charge in [-0.1, -0.05) is 11.6 Å². The molecule has 0 bridgehead atoms. The van der Waals surface area contributed by atoms with Gasteiger partial charge in [-0.25, -0.2) is 18.1 Å². The summed E-state index contributed by atoms with van der Waals surface area (Å²) in [7, 11) is -3.78. The first kappa shape index (κ1) is 20.0.